The second-order valence-electron chi connectivity index (χ2n) is 4.90. The number of hydrogen-bond acceptors (Lipinski definition) is 5. The van der Waals surface area contributed by atoms with Crippen LogP contribution in [0.3, 0.4) is 0 Å². The molecule has 3 N–H and O–H groups in total. The van der Waals surface area contributed by atoms with Gasteiger partial charge in [-0.05, 0) is 5.92 Å². The summed E-state index contributed by atoms with van der Waals surface area (Å²) in [5.74, 6) is -0.119. The molecule has 2 heterocycles. The second-order valence-corrected chi connectivity index (χ2v) is 4.90. The monoisotopic (exact) mass is 253 g/mol. The largest absolute Gasteiger partial charge is 0.394 e. The van der Waals surface area contributed by atoms with E-state index in [4.69, 9.17) is 5.11 Å². The molecule has 0 spiro atoms. The highest BCUT2D eigenvalue weighted by atomic mass is 16.3. The first kappa shape index (κ1) is 13.0. The predicted octanol–water partition coefficient (Wildman–Crippen LogP) is -0.831. The lowest BCUT2D eigenvalue weighted by molar-refractivity contribution is 0.0891. The van der Waals surface area contributed by atoms with Crippen LogP contribution in [0.1, 0.15) is 30.4 Å². The van der Waals surface area contributed by atoms with Crippen molar-refractivity contribution in [3.8, 4) is 0 Å². The summed E-state index contributed by atoms with van der Waals surface area (Å²) in [6, 6.07) is 0.0332. The van der Waals surface area contributed by atoms with Gasteiger partial charge in [0.15, 0.2) is 5.69 Å². The molecule has 100 valence electrons. The summed E-state index contributed by atoms with van der Waals surface area (Å²) in [6.07, 6.45) is 1.65. The number of rotatable bonds is 5. The topological polar surface area (TPSA) is 92.1 Å². The number of hydrogen-bond donors (Lipinski definition) is 3. The number of nitrogens with zero attached hydrogens (tertiary/aromatic N) is 3. The number of aliphatic hydroxyl groups excluding tert-OH is 1. The van der Waals surface area contributed by atoms with Gasteiger partial charge in [-0.2, -0.15) is 0 Å². The molecule has 0 radical (unpaired) electrons. The SMILES string of the molecule is CC(C)C(CO)NC(=O)c1cn(C2CNC2)nn1. The highest BCUT2D eigenvalue weighted by molar-refractivity contribution is 5.92. The van der Waals surface area contributed by atoms with Crippen molar-refractivity contribution in [1.82, 2.24) is 25.6 Å². The number of aromatic nitrogens is 3. The lowest BCUT2D eigenvalue weighted by Crippen LogP contribution is -2.43. The van der Waals surface area contributed by atoms with E-state index in [1.807, 2.05) is 13.8 Å². The Bertz CT molecular complexity index is 413. The minimum atomic E-state index is -0.290. The van der Waals surface area contributed by atoms with Crippen molar-refractivity contribution >= 4 is 5.91 Å². The fourth-order valence-electron chi connectivity index (χ4n) is 1.69. The van der Waals surface area contributed by atoms with E-state index in [0.29, 0.717) is 5.69 Å². The minimum absolute atomic E-state index is 0.0793. The maximum absolute atomic E-state index is 11.9. The van der Waals surface area contributed by atoms with Crippen molar-refractivity contribution in [2.75, 3.05) is 19.7 Å². The van der Waals surface area contributed by atoms with Crippen LogP contribution in [0.4, 0.5) is 0 Å². The third-order valence-corrected chi connectivity index (χ3v) is 3.19. The number of carbonyl (C=O) groups is 1. The summed E-state index contributed by atoms with van der Waals surface area (Å²) >= 11 is 0. The molecule has 18 heavy (non-hydrogen) atoms. The number of carbonyl (C=O) groups excluding carboxylic acids is 1. The van der Waals surface area contributed by atoms with Crippen molar-refractivity contribution in [3.05, 3.63) is 11.9 Å². The predicted molar refractivity (Wildman–Crippen MR) is 65.1 cm³/mol. The Labute approximate surface area is 106 Å². The molecule has 1 aliphatic heterocycles. The average molecular weight is 253 g/mol. The first-order valence-corrected chi connectivity index (χ1v) is 6.16. The lowest BCUT2D eigenvalue weighted by Gasteiger charge is -2.26. The minimum Gasteiger partial charge on any atom is -0.394 e. The van der Waals surface area contributed by atoms with E-state index >= 15 is 0 Å². The van der Waals surface area contributed by atoms with Crippen molar-refractivity contribution in [1.29, 1.82) is 0 Å². The normalized spacial score (nSPS) is 17.6. The van der Waals surface area contributed by atoms with Crippen LogP contribution >= 0.6 is 0 Å². The molecule has 1 fully saturated rings. The highest BCUT2D eigenvalue weighted by Gasteiger charge is 2.23. The molecule has 7 nitrogen and oxygen atoms in total. The molecule has 0 aromatic carbocycles. The van der Waals surface area contributed by atoms with Crippen molar-refractivity contribution in [2.24, 2.45) is 5.92 Å². The van der Waals surface area contributed by atoms with E-state index in [1.54, 1.807) is 10.9 Å². The first-order chi connectivity index (χ1) is 8.61. The van der Waals surface area contributed by atoms with Crippen molar-refractivity contribution in [3.63, 3.8) is 0 Å². The molecule has 1 aliphatic rings. The number of nitrogens with one attached hydrogen (secondary N) is 2. The number of aliphatic hydroxyl groups is 1. The molecule has 0 bridgehead atoms. The van der Waals surface area contributed by atoms with Crippen LogP contribution in [0.5, 0.6) is 0 Å². The average Bonchev–Trinajstić information content (AvgIpc) is 2.71. The Balaban J connectivity index is 1.97. The van der Waals surface area contributed by atoms with Gasteiger partial charge in [0.25, 0.3) is 5.91 Å². The molecule has 1 aromatic rings. The van der Waals surface area contributed by atoms with E-state index in [1.165, 1.54) is 0 Å². The van der Waals surface area contributed by atoms with Crippen molar-refractivity contribution in [2.45, 2.75) is 25.9 Å². The molecule has 2 rings (SSSR count). The Morgan fingerprint density at radius 3 is 2.89 bits per heavy atom. The van der Waals surface area contributed by atoms with Crippen LogP contribution in [0, 0.1) is 5.92 Å². The standard InChI is InChI=1S/C11H19N5O2/c1-7(2)10(6-17)13-11(18)9-5-16(15-14-9)8-3-12-4-8/h5,7-8,10,12,17H,3-4,6H2,1-2H3,(H,13,18). The van der Waals surface area contributed by atoms with Crippen LogP contribution in [0.2, 0.25) is 0 Å². The fraction of sp³-hybridized carbons (Fsp3) is 0.727. The lowest BCUT2D eigenvalue weighted by atomic mass is 10.1. The molecule has 1 unspecified atom stereocenters. The van der Waals surface area contributed by atoms with E-state index in [0.717, 1.165) is 13.1 Å². The van der Waals surface area contributed by atoms with Crippen LogP contribution in [0.25, 0.3) is 0 Å². The Kier molecular flexibility index (Phi) is 3.93. The first-order valence-electron chi connectivity index (χ1n) is 6.16. The van der Waals surface area contributed by atoms with Crippen molar-refractivity contribution < 1.29 is 9.90 Å². The molecule has 0 aliphatic carbocycles. The maximum atomic E-state index is 11.9. The second kappa shape index (κ2) is 5.45. The van der Waals surface area contributed by atoms with Gasteiger partial charge in [0, 0.05) is 13.1 Å². The summed E-state index contributed by atoms with van der Waals surface area (Å²) in [7, 11) is 0. The molecule has 1 aromatic heterocycles. The van der Waals surface area contributed by atoms with E-state index < -0.39 is 0 Å². The Morgan fingerprint density at radius 2 is 2.39 bits per heavy atom. The molecule has 1 saturated heterocycles. The highest BCUT2D eigenvalue weighted by Crippen LogP contribution is 2.10. The molecular formula is C11H19N5O2. The van der Waals surface area contributed by atoms with Gasteiger partial charge in [0.1, 0.15) is 0 Å². The van der Waals surface area contributed by atoms with Gasteiger partial charge in [-0.15, -0.1) is 5.10 Å². The zero-order chi connectivity index (χ0) is 13.1. The third kappa shape index (κ3) is 2.68. The summed E-state index contributed by atoms with van der Waals surface area (Å²) in [6.45, 7) is 5.52. The van der Waals surface area contributed by atoms with Crippen LogP contribution in [-0.2, 0) is 0 Å². The zero-order valence-corrected chi connectivity index (χ0v) is 10.6. The molecule has 1 amide bonds. The summed E-state index contributed by atoms with van der Waals surface area (Å²) < 4.78 is 1.70. The number of amides is 1. The van der Waals surface area contributed by atoms with Gasteiger partial charge < -0.3 is 15.7 Å². The van der Waals surface area contributed by atoms with Gasteiger partial charge in [0.05, 0.1) is 24.9 Å². The fourth-order valence-corrected chi connectivity index (χ4v) is 1.69. The Morgan fingerprint density at radius 1 is 1.67 bits per heavy atom. The summed E-state index contributed by atoms with van der Waals surface area (Å²) in [4.78, 5) is 11.9. The van der Waals surface area contributed by atoms with Gasteiger partial charge in [-0.1, -0.05) is 19.1 Å². The van der Waals surface area contributed by atoms with Gasteiger partial charge in [-0.25, -0.2) is 4.68 Å². The summed E-state index contributed by atoms with van der Waals surface area (Å²) in [5.41, 5.74) is 0.293. The molecular weight excluding hydrogens is 234 g/mol. The van der Waals surface area contributed by atoms with E-state index in [-0.39, 0.29) is 30.5 Å². The van der Waals surface area contributed by atoms with E-state index in [9.17, 15) is 4.79 Å². The Hall–Kier alpha value is -1.47. The quantitative estimate of drug-likeness (QED) is 0.637. The van der Waals surface area contributed by atoms with Crippen LogP contribution in [-0.4, -0.2) is 51.7 Å². The molecule has 7 heteroatoms. The van der Waals surface area contributed by atoms with Gasteiger partial charge in [0.2, 0.25) is 0 Å². The van der Waals surface area contributed by atoms with Gasteiger partial charge >= 0.3 is 0 Å². The smallest absolute Gasteiger partial charge is 0.273 e. The molecule has 0 saturated carbocycles. The summed E-state index contributed by atoms with van der Waals surface area (Å²) in [5, 5.41) is 22.8. The van der Waals surface area contributed by atoms with E-state index in [2.05, 4.69) is 20.9 Å². The third-order valence-electron chi connectivity index (χ3n) is 3.19. The zero-order valence-electron chi connectivity index (χ0n) is 10.6. The van der Waals surface area contributed by atoms with Crippen LogP contribution < -0.4 is 10.6 Å². The van der Waals surface area contributed by atoms with Gasteiger partial charge in [-0.3, -0.25) is 4.79 Å². The van der Waals surface area contributed by atoms with Crippen LogP contribution in [0.15, 0.2) is 6.20 Å². The maximum Gasteiger partial charge on any atom is 0.273 e. The molecule has 1 atom stereocenters.